The topological polar surface area (TPSA) is 84.4 Å². The van der Waals surface area contributed by atoms with E-state index in [0.29, 0.717) is 17.9 Å². The number of nitrogens with zero attached hydrogens (tertiary/aromatic N) is 1. The summed E-state index contributed by atoms with van der Waals surface area (Å²) in [6.45, 7) is 6.03. The number of benzene rings is 2. The summed E-state index contributed by atoms with van der Waals surface area (Å²) < 4.78 is 0. The van der Waals surface area contributed by atoms with E-state index < -0.39 is 0 Å². The Morgan fingerprint density at radius 3 is 2.25 bits per heavy atom. The van der Waals surface area contributed by atoms with E-state index in [1.807, 2.05) is 62.4 Å². The number of carbonyl (C=O) groups excluding carboxylic acids is 1. The van der Waals surface area contributed by atoms with Crippen molar-refractivity contribution in [3.05, 3.63) is 65.2 Å². The molecule has 1 heterocycles. The zero-order valence-corrected chi connectivity index (χ0v) is 14.3. The monoisotopic (exact) mass is 324 g/mol. The van der Waals surface area contributed by atoms with Gasteiger partial charge < -0.3 is 16.1 Å². The number of nitrogens with two attached hydrogens (primary N) is 2. The number of para-hydroxylation sites is 1. The van der Waals surface area contributed by atoms with Crippen molar-refractivity contribution >= 4 is 23.0 Å². The van der Waals surface area contributed by atoms with E-state index >= 15 is 0 Å². The van der Waals surface area contributed by atoms with E-state index in [-0.39, 0.29) is 5.91 Å². The van der Waals surface area contributed by atoms with Crippen LogP contribution >= 0.6 is 0 Å². The lowest BCUT2D eigenvalue weighted by molar-refractivity contribution is -0.116. The molecule has 2 aromatic rings. The molecule has 5 nitrogen and oxygen atoms in total. The van der Waals surface area contributed by atoms with Crippen LogP contribution < -0.4 is 21.9 Å². The van der Waals surface area contributed by atoms with Gasteiger partial charge in [-0.2, -0.15) is 0 Å². The van der Waals surface area contributed by atoms with Gasteiger partial charge in [0.1, 0.15) is 0 Å². The zero-order chi connectivity index (χ0) is 17.7. The largest absolute Gasteiger partial charge is 0.396 e. The molecule has 5 N–H and O–H groups in total. The predicted molar refractivity (Wildman–Crippen MR) is 99.4 cm³/mol. The number of fused-ring (bicyclic) bond motifs is 2. The number of nitrogens with one attached hydrogen (secondary N) is 1. The minimum absolute atomic E-state index is 0.0285. The Hall–Kier alpha value is -2.79. The van der Waals surface area contributed by atoms with Gasteiger partial charge in [-0.25, -0.2) is 0 Å². The molecule has 0 saturated heterocycles. The van der Waals surface area contributed by atoms with Crippen LogP contribution in [0.2, 0.25) is 0 Å². The van der Waals surface area contributed by atoms with Gasteiger partial charge in [0, 0.05) is 18.1 Å². The molecule has 0 aliphatic carbocycles. The second-order valence-corrected chi connectivity index (χ2v) is 5.21. The number of anilines is 1. The fourth-order valence-electron chi connectivity index (χ4n) is 2.81. The van der Waals surface area contributed by atoms with E-state index in [4.69, 9.17) is 11.6 Å². The van der Waals surface area contributed by atoms with Gasteiger partial charge in [0.05, 0.1) is 23.6 Å². The highest BCUT2D eigenvalue weighted by Gasteiger charge is 2.23. The summed E-state index contributed by atoms with van der Waals surface area (Å²) in [5.41, 5.74) is 13.7. The van der Waals surface area contributed by atoms with E-state index in [9.17, 15) is 4.79 Å². The van der Waals surface area contributed by atoms with Crippen LogP contribution in [0.3, 0.4) is 0 Å². The van der Waals surface area contributed by atoms with Crippen LogP contribution in [0.5, 0.6) is 0 Å². The summed E-state index contributed by atoms with van der Waals surface area (Å²) in [6.07, 6.45) is 0. The van der Waals surface area contributed by atoms with Gasteiger partial charge in [-0.05, 0) is 11.6 Å². The normalized spacial score (nSPS) is 15.9. The van der Waals surface area contributed by atoms with Gasteiger partial charge >= 0.3 is 0 Å². The maximum Gasteiger partial charge on any atom is 0.224 e. The zero-order valence-electron chi connectivity index (χ0n) is 14.3. The maximum atomic E-state index is 12.1. The molecule has 2 aromatic carbocycles. The van der Waals surface area contributed by atoms with Gasteiger partial charge in [0.15, 0.2) is 0 Å². The Morgan fingerprint density at radius 1 is 1.04 bits per heavy atom. The smallest absolute Gasteiger partial charge is 0.224 e. The SMILES string of the molecule is CC.CC(=O)N1Cc2ccccc2/C(NN)=C(/N)c2ccccc21. The molecule has 0 radical (unpaired) electrons. The van der Waals surface area contributed by atoms with Crippen molar-refractivity contribution in [2.45, 2.75) is 27.3 Å². The number of hydrogen-bond acceptors (Lipinski definition) is 4. The Bertz CT molecular complexity index is 767. The van der Waals surface area contributed by atoms with Crippen molar-refractivity contribution in [1.29, 1.82) is 0 Å². The minimum atomic E-state index is -0.0285. The fraction of sp³-hybridized carbons (Fsp3) is 0.211. The molecule has 0 saturated carbocycles. The van der Waals surface area contributed by atoms with Gasteiger partial charge in [-0.3, -0.25) is 10.6 Å². The number of rotatable bonds is 1. The van der Waals surface area contributed by atoms with Crippen LogP contribution in [-0.2, 0) is 11.3 Å². The quantitative estimate of drug-likeness (QED) is 0.556. The lowest BCUT2D eigenvalue weighted by atomic mass is 9.96. The van der Waals surface area contributed by atoms with Gasteiger partial charge in [0.2, 0.25) is 5.91 Å². The predicted octanol–water partition coefficient (Wildman–Crippen LogP) is 2.83. The lowest BCUT2D eigenvalue weighted by Gasteiger charge is -2.29. The first-order chi connectivity index (χ1) is 11.6. The molecular weight excluding hydrogens is 300 g/mol. The molecule has 0 aromatic heterocycles. The highest BCUT2D eigenvalue weighted by molar-refractivity contribution is 6.00. The average Bonchev–Trinajstić information content (AvgIpc) is 2.61. The standard InChI is InChI=1S/C17H18N4O.C2H6/c1-11(22)21-10-12-6-2-3-7-13(12)17(20-19)16(18)14-8-4-5-9-15(14)21;1-2/h2-9,20H,10,18-19H2,1H3;1-2H3/b17-16-;. The number of hydrogen-bond donors (Lipinski definition) is 3. The summed E-state index contributed by atoms with van der Waals surface area (Å²) in [7, 11) is 0. The van der Waals surface area contributed by atoms with E-state index in [1.165, 1.54) is 0 Å². The number of carbonyl (C=O) groups is 1. The molecule has 1 aliphatic heterocycles. The third-order valence-electron chi connectivity index (χ3n) is 3.89. The van der Waals surface area contributed by atoms with E-state index in [1.54, 1.807) is 11.8 Å². The Balaban J connectivity index is 0.00000100. The molecule has 0 bridgehead atoms. The summed E-state index contributed by atoms with van der Waals surface area (Å²) in [6, 6.07) is 15.4. The van der Waals surface area contributed by atoms with Gasteiger partial charge in [-0.15, -0.1) is 0 Å². The van der Waals surface area contributed by atoms with Crippen LogP contribution in [-0.4, -0.2) is 5.91 Å². The molecule has 126 valence electrons. The molecule has 0 unspecified atom stereocenters. The fourth-order valence-corrected chi connectivity index (χ4v) is 2.81. The van der Waals surface area contributed by atoms with Crippen LogP contribution in [0.1, 0.15) is 37.5 Å². The summed E-state index contributed by atoms with van der Waals surface area (Å²) in [4.78, 5) is 13.9. The molecule has 5 heteroatoms. The second kappa shape index (κ2) is 7.66. The van der Waals surface area contributed by atoms with Crippen LogP contribution in [0.4, 0.5) is 5.69 Å². The Morgan fingerprint density at radius 2 is 1.62 bits per heavy atom. The van der Waals surface area contributed by atoms with Crippen molar-refractivity contribution in [2.75, 3.05) is 4.90 Å². The third kappa shape index (κ3) is 3.12. The molecule has 0 spiro atoms. The van der Waals surface area contributed by atoms with E-state index in [0.717, 1.165) is 22.4 Å². The molecule has 1 amide bonds. The van der Waals surface area contributed by atoms with Crippen molar-refractivity contribution in [1.82, 2.24) is 5.43 Å². The van der Waals surface area contributed by atoms with Crippen molar-refractivity contribution < 1.29 is 4.79 Å². The molecule has 1 aliphatic rings. The van der Waals surface area contributed by atoms with Crippen molar-refractivity contribution in [3.63, 3.8) is 0 Å². The lowest BCUT2D eigenvalue weighted by Crippen LogP contribution is -2.32. The average molecular weight is 324 g/mol. The van der Waals surface area contributed by atoms with Crippen LogP contribution in [0.15, 0.2) is 48.5 Å². The Kier molecular flexibility index (Phi) is 5.60. The molecule has 0 fully saturated rings. The maximum absolute atomic E-state index is 12.1. The van der Waals surface area contributed by atoms with Gasteiger partial charge in [-0.1, -0.05) is 56.3 Å². The minimum Gasteiger partial charge on any atom is -0.396 e. The first-order valence-electron chi connectivity index (χ1n) is 8.05. The summed E-state index contributed by atoms with van der Waals surface area (Å²) >= 11 is 0. The van der Waals surface area contributed by atoms with Gasteiger partial charge in [0.25, 0.3) is 0 Å². The van der Waals surface area contributed by atoms with Crippen molar-refractivity contribution in [3.8, 4) is 0 Å². The number of hydrazine groups is 1. The highest BCUT2D eigenvalue weighted by atomic mass is 16.2. The van der Waals surface area contributed by atoms with E-state index in [2.05, 4.69) is 5.43 Å². The Labute approximate surface area is 142 Å². The number of amides is 1. The first-order valence-corrected chi connectivity index (χ1v) is 8.05. The third-order valence-corrected chi connectivity index (χ3v) is 3.89. The molecule has 24 heavy (non-hydrogen) atoms. The highest BCUT2D eigenvalue weighted by Crippen LogP contribution is 2.34. The first kappa shape index (κ1) is 17.6. The summed E-state index contributed by atoms with van der Waals surface area (Å²) in [5, 5.41) is 0. The molecular formula is C19H24N4O. The molecule has 0 atom stereocenters. The summed E-state index contributed by atoms with van der Waals surface area (Å²) in [5.74, 6) is 5.68. The van der Waals surface area contributed by atoms with Crippen LogP contribution in [0.25, 0.3) is 11.4 Å². The second-order valence-electron chi connectivity index (χ2n) is 5.21. The van der Waals surface area contributed by atoms with Crippen molar-refractivity contribution in [2.24, 2.45) is 11.6 Å². The molecule has 3 rings (SSSR count). The van der Waals surface area contributed by atoms with Crippen LogP contribution in [0, 0.1) is 0 Å².